The van der Waals surface area contributed by atoms with Crippen molar-refractivity contribution in [3.8, 4) is 0 Å². The first-order valence-corrected chi connectivity index (χ1v) is 7.43. The van der Waals surface area contributed by atoms with Gasteiger partial charge in [0.15, 0.2) is 0 Å². The summed E-state index contributed by atoms with van der Waals surface area (Å²) in [6.45, 7) is 7.92. The average molecular weight is 226 g/mol. The molecule has 1 aliphatic rings. The Kier molecular flexibility index (Phi) is 6.41. The Morgan fingerprint density at radius 2 is 1.69 bits per heavy atom. The maximum absolute atomic E-state index is 5.77. The van der Waals surface area contributed by atoms with Gasteiger partial charge < -0.3 is 4.74 Å². The van der Waals surface area contributed by atoms with Crippen molar-refractivity contribution >= 4 is 0 Å². The summed E-state index contributed by atoms with van der Waals surface area (Å²) >= 11 is 0. The van der Waals surface area contributed by atoms with E-state index in [2.05, 4.69) is 20.8 Å². The summed E-state index contributed by atoms with van der Waals surface area (Å²) in [6.07, 6.45) is 12.3. The van der Waals surface area contributed by atoms with Gasteiger partial charge in [0.25, 0.3) is 0 Å². The van der Waals surface area contributed by atoms with Gasteiger partial charge in [-0.2, -0.15) is 0 Å². The van der Waals surface area contributed by atoms with Crippen LogP contribution in [-0.4, -0.2) is 12.2 Å². The molecular weight excluding hydrogens is 196 g/mol. The molecule has 0 N–H and O–H groups in total. The molecule has 1 heterocycles. The third-order valence-corrected chi connectivity index (χ3v) is 4.08. The Hall–Kier alpha value is -0.0400. The molecule has 0 bridgehead atoms. The zero-order chi connectivity index (χ0) is 11.9. The normalized spacial score (nSPS) is 25.7. The summed E-state index contributed by atoms with van der Waals surface area (Å²) in [5.41, 5.74) is 0.314. The maximum Gasteiger partial charge on any atom is 0.0944 e. The monoisotopic (exact) mass is 226 g/mol. The lowest BCUT2D eigenvalue weighted by atomic mass is 9.83. The van der Waals surface area contributed by atoms with Crippen LogP contribution in [0, 0.1) is 5.92 Å². The van der Waals surface area contributed by atoms with Crippen molar-refractivity contribution in [2.75, 3.05) is 6.61 Å². The van der Waals surface area contributed by atoms with E-state index in [-0.39, 0.29) is 0 Å². The van der Waals surface area contributed by atoms with Gasteiger partial charge in [-0.15, -0.1) is 0 Å². The second kappa shape index (κ2) is 7.32. The minimum absolute atomic E-state index is 0.314. The summed E-state index contributed by atoms with van der Waals surface area (Å²) in [5.74, 6) is 0.828. The summed E-state index contributed by atoms with van der Waals surface area (Å²) in [6, 6.07) is 0. The molecule has 1 rings (SSSR count). The van der Waals surface area contributed by atoms with Crippen molar-refractivity contribution < 1.29 is 4.74 Å². The topological polar surface area (TPSA) is 12.5 Å². The fourth-order valence-electron chi connectivity index (χ4n) is 2.93. The van der Waals surface area contributed by atoms with Crippen molar-refractivity contribution in [2.45, 2.75) is 84.2 Å². The molecule has 0 saturated carbocycles. The van der Waals surface area contributed by atoms with Crippen LogP contribution in [-0.2, 0) is 4.74 Å². The zero-order valence-electron chi connectivity index (χ0n) is 11.6. The van der Waals surface area contributed by atoms with Crippen LogP contribution in [0.2, 0.25) is 0 Å². The van der Waals surface area contributed by atoms with Crippen LogP contribution in [0.5, 0.6) is 0 Å². The Bertz CT molecular complexity index is 172. The van der Waals surface area contributed by atoms with Gasteiger partial charge in [-0.3, -0.25) is 0 Å². The van der Waals surface area contributed by atoms with E-state index in [1.54, 1.807) is 0 Å². The highest BCUT2D eigenvalue weighted by atomic mass is 16.6. The molecule has 0 aromatic rings. The Balaban J connectivity index is 2.16. The van der Waals surface area contributed by atoms with Gasteiger partial charge in [0.1, 0.15) is 0 Å². The van der Waals surface area contributed by atoms with E-state index in [1.165, 1.54) is 57.8 Å². The molecule has 0 aromatic heterocycles. The highest BCUT2D eigenvalue weighted by Gasteiger charge is 2.48. The van der Waals surface area contributed by atoms with Gasteiger partial charge in [-0.25, -0.2) is 0 Å². The predicted octanol–water partition coefficient (Wildman–Crippen LogP) is 4.94. The van der Waals surface area contributed by atoms with Gasteiger partial charge in [-0.05, 0) is 18.8 Å². The van der Waals surface area contributed by atoms with Gasteiger partial charge in [-0.1, -0.05) is 65.7 Å². The first kappa shape index (κ1) is 14.0. The standard InChI is InChI=1S/C15H30O/c1-4-7-8-9-10-11-14(6-3)15(12-5-2)13-16-15/h14H,4-13H2,1-3H3. The summed E-state index contributed by atoms with van der Waals surface area (Å²) in [4.78, 5) is 0. The van der Waals surface area contributed by atoms with Crippen molar-refractivity contribution in [2.24, 2.45) is 5.92 Å². The smallest absolute Gasteiger partial charge is 0.0944 e. The minimum atomic E-state index is 0.314. The third kappa shape index (κ3) is 4.08. The number of hydrogen-bond donors (Lipinski definition) is 0. The quantitative estimate of drug-likeness (QED) is 0.379. The fourth-order valence-corrected chi connectivity index (χ4v) is 2.93. The lowest BCUT2D eigenvalue weighted by Gasteiger charge is -2.22. The molecule has 0 amide bonds. The van der Waals surface area contributed by atoms with Gasteiger partial charge in [0.05, 0.1) is 12.2 Å². The summed E-state index contributed by atoms with van der Waals surface area (Å²) in [5, 5.41) is 0. The second-order valence-corrected chi connectivity index (χ2v) is 5.41. The molecule has 2 unspecified atom stereocenters. The highest BCUT2D eigenvalue weighted by Crippen LogP contribution is 2.43. The number of rotatable bonds is 10. The molecular formula is C15H30O. The lowest BCUT2D eigenvalue weighted by Crippen LogP contribution is -2.23. The number of hydrogen-bond acceptors (Lipinski definition) is 1. The molecule has 1 heteroatoms. The van der Waals surface area contributed by atoms with E-state index in [0.717, 1.165) is 12.5 Å². The zero-order valence-corrected chi connectivity index (χ0v) is 11.6. The van der Waals surface area contributed by atoms with Gasteiger partial charge in [0.2, 0.25) is 0 Å². The van der Waals surface area contributed by atoms with Crippen LogP contribution in [0.15, 0.2) is 0 Å². The van der Waals surface area contributed by atoms with E-state index in [9.17, 15) is 0 Å². The molecule has 1 fully saturated rings. The molecule has 0 aliphatic carbocycles. The van der Waals surface area contributed by atoms with Crippen molar-refractivity contribution in [3.05, 3.63) is 0 Å². The highest BCUT2D eigenvalue weighted by molar-refractivity contribution is 4.97. The van der Waals surface area contributed by atoms with Crippen molar-refractivity contribution in [3.63, 3.8) is 0 Å². The molecule has 1 saturated heterocycles. The molecule has 2 atom stereocenters. The molecule has 0 aromatic carbocycles. The number of unbranched alkanes of at least 4 members (excludes halogenated alkanes) is 4. The van der Waals surface area contributed by atoms with E-state index in [1.807, 2.05) is 0 Å². The van der Waals surface area contributed by atoms with Crippen LogP contribution in [0.1, 0.15) is 78.6 Å². The van der Waals surface area contributed by atoms with Crippen LogP contribution in [0.4, 0.5) is 0 Å². The fraction of sp³-hybridized carbons (Fsp3) is 1.00. The third-order valence-electron chi connectivity index (χ3n) is 4.08. The van der Waals surface area contributed by atoms with E-state index < -0.39 is 0 Å². The maximum atomic E-state index is 5.77. The van der Waals surface area contributed by atoms with Crippen LogP contribution in [0.3, 0.4) is 0 Å². The SMILES string of the molecule is CCCCCCCC(CC)C1(CCC)CO1. The molecule has 0 radical (unpaired) electrons. The lowest BCUT2D eigenvalue weighted by molar-refractivity contribution is 0.185. The predicted molar refractivity (Wildman–Crippen MR) is 70.7 cm³/mol. The van der Waals surface area contributed by atoms with E-state index in [0.29, 0.717) is 5.60 Å². The van der Waals surface area contributed by atoms with Crippen molar-refractivity contribution in [1.29, 1.82) is 0 Å². The molecule has 1 nitrogen and oxygen atoms in total. The first-order valence-electron chi connectivity index (χ1n) is 7.43. The first-order chi connectivity index (χ1) is 7.79. The Morgan fingerprint density at radius 1 is 1.00 bits per heavy atom. The number of epoxide rings is 1. The van der Waals surface area contributed by atoms with Crippen molar-refractivity contribution in [1.82, 2.24) is 0 Å². The average Bonchev–Trinajstić information content (AvgIpc) is 3.05. The molecule has 0 spiro atoms. The molecule has 1 aliphatic heterocycles. The van der Waals surface area contributed by atoms with E-state index >= 15 is 0 Å². The number of ether oxygens (including phenoxy) is 1. The summed E-state index contributed by atoms with van der Waals surface area (Å²) in [7, 11) is 0. The summed E-state index contributed by atoms with van der Waals surface area (Å²) < 4.78 is 5.77. The minimum Gasteiger partial charge on any atom is -0.369 e. The molecule has 16 heavy (non-hydrogen) atoms. The Morgan fingerprint density at radius 3 is 2.19 bits per heavy atom. The Labute approximate surface area is 102 Å². The van der Waals surface area contributed by atoms with Crippen LogP contribution in [0.25, 0.3) is 0 Å². The molecule has 96 valence electrons. The van der Waals surface area contributed by atoms with Crippen LogP contribution < -0.4 is 0 Å². The second-order valence-electron chi connectivity index (χ2n) is 5.41. The van der Waals surface area contributed by atoms with Gasteiger partial charge >= 0.3 is 0 Å². The van der Waals surface area contributed by atoms with Crippen LogP contribution >= 0.6 is 0 Å². The van der Waals surface area contributed by atoms with E-state index in [4.69, 9.17) is 4.74 Å². The van der Waals surface area contributed by atoms with Gasteiger partial charge in [0, 0.05) is 0 Å². The largest absolute Gasteiger partial charge is 0.369 e.